The molecule has 0 bridgehead atoms. The zero-order valence-electron chi connectivity index (χ0n) is 33.6. The monoisotopic (exact) mass is 776 g/mol. The van der Waals surface area contributed by atoms with Crippen molar-refractivity contribution in [2.75, 3.05) is 13.2 Å². The van der Waals surface area contributed by atoms with Crippen molar-refractivity contribution in [1.82, 2.24) is 0 Å². The van der Waals surface area contributed by atoms with Gasteiger partial charge in [0.1, 0.15) is 48.3 Å². The molecule has 5 N–H and O–H groups in total. The van der Waals surface area contributed by atoms with Crippen molar-refractivity contribution in [3.8, 4) is 0 Å². The summed E-state index contributed by atoms with van der Waals surface area (Å²) in [6, 6.07) is 0. The van der Waals surface area contributed by atoms with Crippen LogP contribution >= 0.6 is 0 Å². The minimum absolute atomic E-state index is 0.00150. The van der Waals surface area contributed by atoms with Crippen molar-refractivity contribution in [2.24, 2.45) is 39.4 Å². The van der Waals surface area contributed by atoms with Gasteiger partial charge in [-0.3, -0.25) is 9.59 Å². The third kappa shape index (κ3) is 6.46. The molecule has 0 aromatic heterocycles. The average Bonchev–Trinajstić information content (AvgIpc) is 3.53. The summed E-state index contributed by atoms with van der Waals surface area (Å²) in [6.07, 6.45) is -2.38. The van der Waals surface area contributed by atoms with Crippen LogP contribution in [0, 0.1) is 39.4 Å². The zero-order valence-corrected chi connectivity index (χ0v) is 33.6. The Hall–Kier alpha value is -1.94. The second-order valence-corrected chi connectivity index (χ2v) is 19.3. The fourth-order valence-corrected chi connectivity index (χ4v) is 13.0. The third-order valence-electron chi connectivity index (χ3n) is 15.6. The Labute approximate surface area is 324 Å². The van der Waals surface area contributed by atoms with Gasteiger partial charge in [-0.15, -0.1) is 6.58 Å². The molecule has 0 radical (unpaired) electrons. The molecule has 0 unspecified atom stereocenters. The van der Waals surface area contributed by atoms with E-state index in [-0.39, 0.29) is 65.3 Å². The van der Waals surface area contributed by atoms with Crippen molar-refractivity contribution in [3.63, 3.8) is 0 Å². The fraction of sp³-hybridized carbons (Fsp3) is 0.857. The molecule has 0 aromatic carbocycles. The van der Waals surface area contributed by atoms with E-state index in [4.69, 9.17) is 28.4 Å². The second kappa shape index (κ2) is 14.4. The van der Waals surface area contributed by atoms with Crippen LogP contribution in [0.4, 0.5) is 0 Å². The number of rotatable bonds is 9. The Morgan fingerprint density at radius 3 is 2.22 bits per heavy atom. The molecule has 7 aliphatic rings. The van der Waals surface area contributed by atoms with Crippen LogP contribution in [0.1, 0.15) is 106 Å². The zero-order chi connectivity index (χ0) is 40.0. The van der Waals surface area contributed by atoms with Gasteiger partial charge in [-0.2, -0.15) is 0 Å². The molecule has 1 spiro atoms. The number of esters is 2. The van der Waals surface area contributed by atoms with Crippen molar-refractivity contribution >= 4 is 11.9 Å². The smallest absolute Gasteiger partial charge is 0.313 e. The lowest BCUT2D eigenvalue weighted by atomic mass is 9.41. The van der Waals surface area contributed by atoms with E-state index in [0.717, 1.165) is 44.1 Å². The van der Waals surface area contributed by atoms with Gasteiger partial charge < -0.3 is 54.0 Å². The molecule has 310 valence electrons. The van der Waals surface area contributed by atoms with Gasteiger partial charge in [0.05, 0.1) is 24.7 Å². The highest BCUT2D eigenvalue weighted by Crippen LogP contribution is 2.76. The Kier molecular flexibility index (Phi) is 10.8. The minimum Gasteiger partial charge on any atom is -0.462 e. The first-order valence-electron chi connectivity index (χ1n) is 20.4. The van der Waals surface area contributed by atoms with Crippen LogP contribution in [-0.4, -0.2) is 118 Å². The Morgan fingerprint density at radius 1 is 0.873 bits per heavy atom. The van der Waals surface area contributed by atoms with Crippen molar-refractivity contribution in [1.29, 1.82) is 0 Å². The van der Waals surface area contributed by atoms with Crippen LogP contribution < -0.4 is 0 Å². The fourth-order valence-electron chi connectivity index (χ4n) is 13.0. The van der Waals surface area contributed by atoms with Gasteiger partial charge >= 0.3 is 11.9 Å². The summed E-state index contributed by atoms with van der Waals surface area (Å²) in [7, 11) is 0. The first kappa shape index (κ1) is 41.2. The molecule has 13 heteroatoms. The van der Waals surface area contributed by atoms with E-state index in [9.17, 15) is 35.1 Å². The molecule has 7 rings (SSSR count). The molecular weight excluding hydrogens is 712 g/mol. The molecule has 3 heterocycles. The van der Waals surface area contributed by atoms with Gasteiger partial charge in [-0.1, -0.05) is 44.9 Å². The highest BCUT2D eigenvalue weighted by atomic mass is 16.7. The van der Waals surface area contributed by atoms with Crippen LogP contribution in [0.2, 0.25) is 0 Å². The number of carbonyl (C=O) groups excluding carboxylic acids is 2. The van der Waals surface area contributed by atoms with Gasteiger partial charge in [0, 0.05) is 31.1 Å². The van der Waals surface area contributed by atoms with E-state index < -0.39 is 66.3 Å². The first-order chi connectivity index (χ1) is 25.7. The Balaban J connectivity index is 1.11. The molecule has 3 aliphatic heterocycles. The number of fused-ring (bicyclic) bond motifs is 4. The van der Waals surface area contributed by atoms with Gasteiger partial charge in [0.25, 0.3) is 0 Å². The van der Waals surface area contributed by atoms with Gasteiger partial charge in [0.2, 0.25) is 0 Å². The van der Waals surface area contributed by atoms with Crippen LogP contribution in [-0.2, 0) is 38.0 Å². The average molecular weight is 777 g/mol. The normalized spacial score (nSPS) is 49.4. The molecular formula is C42H64O13. The van der Waals surface area contributed by atoms with Crippen LogP contribution in [0.3, 0.4) is 0 Å². The van der Waals surface area contributed by atoms with Crippen LogP contribution in [0.25, 0.3) is 0 Å². The van der Waals surface area contributed by atoms with E-state index in [2.05, 4.69) is 40.3 Å². The molecule has 0 aromatic rings. The number of hydrogen-bond acceptors (Lipinski definition) is 13. The quantitative estimate of drug-likeness (QED) is 0.169. The number of cyclic esters (lactones) is 1. The minimum atomic E-state index is -1.59. The summed E-state index contributed by atoms with van der Waals surface area (Å²) in [5.74, 6) is 0.0172. The van der Waals surface area contributed by atoms with Gasteiger partial charge in [-0.25, -0.2) is 0 Å². The van der Waals surface area contributed by atoms with E-state index in [1.165, 1.54) is 12.5 Å². The first-order valence-corrected chi connectivity index (χ1v) is 20.4. The maximum Gasteiger partial charge on any atom is 0.313 e. The van der Waals surface area contributed by atoms with E-state index >= 15 is 0 Å². The topological polar surface area (TPSA) is 191 Å². The van der Waals surface area contributed by atoms with Gasteiger partial charge in [-0.05, 0) is 81.5 Å². The SMILES string of the molecule is C=C(C)C[C@@H](C[C@]1(C)OC(=O)[C@]23CC[C@H]4C(=CC[C@H]5C(C)(C)[C@@H](O[C@@H]6OC[C@@H](O)[C@H](O)[C@H]6O[C@@H]6OC[C@@H](O)[C@H](O)[C@H]6O)CC[C@]45C)[C@]2(C)CC[C@@H]31)OC(C)=O. The van der Waals surface area contributed by atoms with E-state index in [0.29, 0.717) is 19.3 Å². The Morgan fingerprint density at radius 2 is 1.55 bits per heavy atom. The lowest BCUT2D eigenvalue weighted by Crippen LogP contribution is -2.63. The third-order valence-corrected chi connectivity index (χ3v) is 15.6. The second-order valence-electron chi connectivity index (χ2n) is 19.3. The lowest BCUT2D eigenvalue weighted by Gasteiger charge is -2.64. The summed E-state index contributed by atoms with van der Waals surface area (Å²) < 4.78 is 36.2. The molecule has 0 amide bonds. The molecule has 3 saturated carbocycles. The number of aliphatic hydroxyl groups excluding tert-OH is 5. The standard InChI is InChI=1S/C42H64O13/c1-21(2)17-23(52-22(3)43)18-41(8)29-12-15-40(7)25-9-10-28-38(4,5)30(13-14-39(28,6)24(25)11-16-42(29,40)37(49)55-41)53-36-34(32(47)27(45)20-51-36)54-35-33(48)31(46)26(44)19-50-35/h9,23-24,26-36,44-48H,1,10-20H2,2-8H3/t23-,24-,26+,27+,28-,29+,30-,31-,32-,33+,34+,35-,36-,39+,40-,41-,42+/m0/s1. The highest BCUT2D eigenvalue weighted by molar-refractivity contribution is 5.83. The van der Waals surface area contributed by atoms with Gasteiger partial charge in [0.15, 0.2) is 12.6 Å². The maximum absolute atomic E-state index is 14.4. The molecule has 55 heavy (non-hydrogen) atoms. The van der Waals surface area contributed by atoms with E-state index in [1.54, 1.807) is 0 Å². The Bertz CT molecular complexity index is 1530. The lowest BCUT2D eigenvalue weighted by molar-refractivity contribution is -0.355. The number of ether oxygens (including phenoxy) is 6. The largest absolute Gasteiger partial charge is 0.462 e. The summed E-state index contributed by atoms with van der Waals surface area (Å²) in [6.45, 7) is 18.1. The van der Waals surface area contributed by atoms with Crippen LogP contribution in [0.5, 0.6) is 0 Å². The number of aliphatic hydroxyl groups is 5. The molecule has 17 atom stereocenters. The summed E-state index contributed by atoms with van der Waals surface area (Å²) in [5, 5.41) is 52.2. The predicted octanol–water partition coefficient (Wildman–Crippen LogP) is 3.46. The van der Waals surface area contributed by atoms with E-state index in [1.807, 2.05) is 13.8 Å². The molecule has 4 aliphatic carbocycles. The van der Waals surface area contributed by atoms with Crippen molar-refractivity contribution < 1.29 is 63.5 Å². The highest BCUT2D eigenvalue weighted by Gasteiger charge is 2.76. The predicted molar refractivity (Wildman–Crippen MR) is 197 cm³/mol. The van der Waals surface area contributed by atoms with Crippen LogP contribution in [0.15, 0.2) is 23.8 Å². The molecule has 6 fully saturated rings. The van der Waals surface area contributed by atoms with Crippen molar-refractivity contribution in [2.45, 2.75) is 173 Å². The summed E-state index contributed by atoms with van der Waals surface area (Å²) in [4.78, 5) is 26.4. The maximum atomic E-state index is 14.4. The van der Waals surface area contributed by atoms with Crippen molar-refractivity contribution in [3.05, 3.63) is 23.8 Å². The summed E-state index contributed by atoms with van der Waals surface area (Å²) >= 11 is 0. The molecule has 3 saturated heterocycles. The number of hydrogen-bond donors (Lipinski definition) is 5. The summed E-state index contributed by atoms with van der Waals surface area (Å²) in [5.41, 5.74) is 0.0869. The number of allylic oxidation sites excluding steroid dienone is 2. The molecule has 13 nitrogen and oxygen atoms in total. The number of carbonyl (C=O) groups is 2.